The van der Waals surface area contributed by atoms with Gasteiger partial charge in [0, 0.05) is 26.2 Å². The van der Waals surface area contributed by atoms with E-state index in [1.165, 1.54) is 28.4 Å². The van der Waals surface area contributed by atoms with Gasteiger partial charge in [-0.25, -0.2) is 4.98 Å². The first-order chi connectivity index (χ1) is 14.4. The highest BCUT2D eigenvalue weighted by Crippen LogP contribution is 2.30. The average molecular weight is 427 g/mol. The van der Waals surface area contributed by atoms with Crippen molar-refractivity contribution in [2.75, 3.05) is 27.3 Å². The summed E-state index contributed by atoms with van der Waals surface area (Å²) in [6.45, 7) is 2.26. The molecule has 156 valence electrons. The van der Waals surface area contributed by atoms with E-state index in [9.17, 15) is 14.9 Å². The van der Waals surface area contributed by atoms with Crippen LogP contribution in [-0.2, 0) is 4.79 Å². The molecule has 0 saturated heterocycles. The maximum absolute atomic E-state index is 11.7. The van der Waals surface area contributed by atoms with E-state index in [2.05, 4.69) is 4.98 Å². The molecule has 0 N–H and O–H groups in total. The van der Waals surface area contributed by atoms with Gasteiger partial charge in [-0.3, -0.25) is 14.9 Å². The number of hydrogen-bond acceptors (Lipinski definition) is 7. The molecule has 0 aliphatic heterocycles. The van der Waals surface area contributed by atoms with Crippen molar-refractivity contribution in [1.82, 2.24) is 9.88 Å². The number of fused-ring (bicyclic) bond motifs is 1. The van der Waals surface area contributed by atoms with Crippen molar-refractivity contribution >= 4 is 45.3 Å². The van der Waals surface area contributed by atoms with Crippen molar-refractivity contribution in [2.45, 2.75) is 6.92 Å². The number of hydrogen-bond donors (Lipinski definition) is 0. The minimum atomic E-state index is -0.431. The Hall–Kier alpha value is -3.46. The molecule has 1 amide bonds. The number of non-ortho nitro benzene ring substituents is 1. The fraction of sp³-hybridized carbons (Fsp3) is 0.238. The number of ether oxygens (including phenoxy) is 2. The number of rotatable bonds is 8. The maximum atomic E-state index is 11.7. The van der Waals surface area contributed by atoms with Crippen LogP contribution in [0.3, 0.4) is 0 Å². The lowest BCUT2D eigenvalue weighted by molar-refractivity contribution is -0.384. The number of amides is 1. The molecule has 9 heteroatoms. The zero-order valence-electron chi connectivity index (χ0n) is 16.8. The van der Waals surface area contributed by atoms with Gasteiger partial charge < -0.3 is 14.4 Å². The Balaban J connectivity index is 1.79. The molecule has 8 nitrogen and oxygen atoms in total. The van der Waals surface area contributed by atoms with E-state index in [0.717, 1.165) is 15.3 Å². The molecule has 0 radical (unpaired) electrons. The van der Waals surface area contributed by atoms with Gasteiger partial charge in [0.25, 0.3) is 11.6 Å². The van der Waals surface area contributed by atoms with Gasteiger partial charge in [0.15, 0.2) is 18.1 Å². The number of carbonyl (C=O) groups is 1. The summed E-state index contributed by atoms with van der Waals surface area (Å²) in [7, 11) is 3.34. The third kappa shape index (κ3) is 5.12. The van der Waals surface area contributed by atoms with Crippen LogP contribution < -0.4 is 9.47 Å². The van der Waals surface area contributed by atoms with Crippen molar-refractivity contribution in [2.24, 2.45) is 0 Å². The standard InChI is InChI=1S/C21H21N3O5S/c1-4-28-18-11-14(5-8-17(18)29-13-21(25)23(2)3)6-10-20-22-16-12-15(24(26)27)7-9-19(16)30-20/h5-12H,4,13H2,1-3H3. The van der Waals surface area contributed by atoms with Crippen LogP contribution >= 0.6 is 11.3 Å². The van der Waals surface area contributed by atoms with Crippen molar-refractivity contribution in [3.05, 3.63) is 57.1 Å². The van der Waals surface area contributed by atoms with Crippen LogP contribution in [0.1, 0.15) is 17.5 Å². The Morgan fingerprint density at radius 2 is 1.97 bits per heavy atom. The van der Waals surface area contributed by atoms with E-state index in [1.807, 2.05) is 31.2 Å². The monoisotopic (exact) mass is 427 g/mol. The lowest BCUT2D eigenvalue weighted by Crippen LogP contribution is -2.27. The van der Waals surface area contributed by atoms with Crippen LogP contribution in [0.4, 0.5) is 5.69 Å². The molecule has 0 fully saturated rings. The van der Waals surface area contributed by atoms with Gasteiger partial charge in [0.2, 0.25) is 0 Å². The maximum Gasteiger partial charge on any atom is 0.271 e. The quantitative estimate of drug-likeness (QED) is 0.394. The van der Waals surface area contributed by atoms with E-state index in [4.69, 9.17) is 9.47 Å². The van der Waals surface area contributed by atoms with Gasteiger partial charge in [-0.2, -0.15) is 0 Å². The lowest BCUT2D eigenvalue weighted by Gasteiger charge is -2.14. The van der Waals surface area contributed by atoms with Crippen LogP contribution in [-0.4, -0.2) is 48.0 Å². The number of nitro groups is 1. The van der Waals surface area contributed by atoms with Crippen molar-refractivity contribution in [1.29, 1.82) is 0 Å². The third-order valence-electron chi connectivity index (χ3n) is 4.13. The van der Waals surface area contributed by atoms with Crippen LogP contribution in [0.15, 0.2) is 36.4 Å². The van der Waals surface area contributed by atoms with Crippen LogP contribution in [0, 0.1) is 10.1 Å². The molecule has 3 rings (SSSR count). The summed E-state index contributed by atoms with van der Waals surface area (Å²) in [5.74, 6) is 0.903. The first kappa shape index (κ1) is 21.3. The Labute approximate surface area is 177 Å². The Morgan fingerprint density at radius 3 is 2.67 bits per heavy atom. The van der Waals surface area contributed by atoms with Gasteiger partial charge in [-0.1, -0.05) is 12.1 Å². The van der Waals surface area contributed by atoms with E-state index in [1.54, 1.807) is 26.2 Å². The van der Waals surface area contributed by atoms with E-state index in [0.29, 0.717) is 23.6 Å². The molecule has 1 aromatic heterocycles. The summed E-state index contributed by atoms with van der Waals surface area (Å²) >= 11 is 1.45. The number of carbonyl (C=O) groups excluding carboxylic acids is 1. The summed E-state index contributed by atoms with van der Waals surface area (Å²) in [6.07, 6.45) is 3.72. The summed E-state index contributed by atoms with van der Waals surface area (Å²) < 4.78 is 12.1. The number of nitrogens with zero attached hydrogens (tertiary/aromatic N) is 3. The molecule has 1 heterocycles. The number of thiazole rings is 1. The predicted octanol–water partition coefficient (Wildman–Crippen LogP) is 4.24. The largest absolute Gasteiger partial charge is 0.490 e. The minimum Gasteiger partial charge on any atom is -0.490 e. The van der Waals surface area contributed by atoms with E-state index < -0.39 is 4.92 Å². The summed E-state index contributed by atoms with van der Waals surface area (Å²) in [5, 5.41) is 11.7. The molecule has 30 heavy (non-hydrogen) atoms. The van der Waals surface area contributed by atoms with Gasteiger partial charge >= 0.3 is 0 Å². The lowest BCUT2D eigenvalue weighted by atomic mass is 10.2. The van der Waals surface area contributed by atoms with E-state index >= 15 is 0 Å². The number of likely N-dealkylation sites (N-methyl/N-ethyl adjacent to an activating group) is 1. The molecule has 0 saturated carbocycles. The smallest absolute Gasteiger partial charge is 0.271 e. The molecule has 0 aliphatic carbocycles. The average Bonchev–Trinajstić information content (AvgIpc) is 3.13. The minimum absolute atomic E-state index is 0.0213. The van der Waals surface area contributed by atoms with Crippen LogP contribution in [0.2, 0.25) is 0 Å². The van der Waals surface area contributed by atoms with Gasteiger partial charge in [0.1, 0.15) is 5.01 Å². The van der Waals surface area contributed by atoms with Gasteiger partial charge in [0.05, 0.1) is 21.7 Å². The molecule has 3 aromatic rings. The van der Waals surface area contributed by atoms with Crippen molar-refractivity contribution in [3.8, 4) is 11.5 Å². The molecule has 0 unspecified atom stereocenters. The molecule has 0 spiro atoms. The highest BCUT2D eigenvalue weighted by molar-refractivity contribution is 7.19. The highest BCUT2D eigenvalue weighted by atomic mass is 32.1. The Morgan fingerprint density at radius 1 is 1.17 bits per heavy atom. The molecule has 0 aliphatic rings. The number of aromatic nitrogens is 1. The molecule has 2 aromatic carbocycles. The summed E-state index contributed by atoms with van der Waals surface area (Å²) in [6, 6.07) is 10.1. The second kappa shape index (κ2) is 9.36. The third-order valence-corrected chi connectivity index (χ3v) is 5.14. The molecular weight excluding hydrogens is 406 g/mol. The van der Waals surface area contributed by atoms with Crippen LogP contribution in [0.5, 0.6) is 11.5 Å². The molecule has 0 bridgehead atoms. The van der Waals surface area contributed by atoms with Crippen molar-refractivity contribution < 1.29 is 19.2 Å². The van der Waals surface area contributed by atoms with E-state index in [-0.39, 0.29) is 18.2 Å². The zero-order chi connectivity index (χ0) is 21.7. The SMILES string of the molecule is CCOc1cc(C=Cc2nc3cc([N+](=O)[O-])ccc3s2)ccc1OCC(=O)N(C)C. The number of nitro benzene ring substituents is 1. The first-order valence-corrected chi connectivity index (χ1v) is 10.0. The normalized spacial score (nSPS) is 11.0. The second-order valence-corrected chi connectivity index (χ2v) is 7.57. The van der Waals surface area contributed by atoms with Gasteiger partial charge in [-0.05, 0) is 36.8 Å². The fourth-order valence-electron chi connectivity index (χ4n) is 2.57. The first-order valence-electron chi connectivity index (χ1n) is 9.20. The summed E-state index contributed by atoms with van der Waals surface area (Å²) in [5.41, 5.74) is 1.49. The predicted molar refractivity (Wildman–Crippen MR) is 117 cm³/mol. The Bertz CT molecular complexity index is 1110. The molecule has 0 atom stereocenters. The van der Waals surface area contributed by atoms with Crippen LogP contribution in [0.25, 0.3) is 22.4 Å². The van der Waals surface area contributed by atoms with Crippen molar-refractivity contribution in [3.63, 3.8) is 0 Å². The fourth-order valence-corrected chi connectivity index (χ4v) is 3.42. The number of benzene rings is 2. The molecular formula is C21H21N3O5S. The Kier molecular flexibility index (Phi) is 6.63. The van der Waals surface area contributed by atoms with Gasteiger partial charge in [-0.15, -0.1) is 11.3 Å². The highest BCUT2D eigenvalue weighted by Gasteiger charge is 2.11. The topological polar surface area (TPSA) is 94.8 Å². The summed E-state index contributed by atoms with van der Waals surface area (Å²) in [4.78, 5) is 28.1. The second-order valence-electron chi connectivity index (χ2n) is 6.51. The zero-order valence-corrected chi connectivity index (χ0v) is 17.6.